The van der Waals surface area contributed by atoms with Gasteiger partial charge in [-0.1, -0.05) is 18.9 Å². The summed E-state index contributed by atoms with van der Waals surface area (Å²) in [5.74, 6) is -0.243. The fraction of sp³-hybridized carbons (Fsp3) is 0.308. The predicted molar refractivity (Wildman–Crippen MR) is 78.6 cm³/mol. The van der Waals surface area contributed by atoms with Gasteiger partial charge in [-0.15, -0.1) is 16.9 Å². The lowest BCUT2D eigenvalue weighted by atomic mass is 10.2. The van der Waals surface area contributed by atoms with Crippen molar-refractivity contribution in [2.45, 2.75) is 24.7 Å². The molecule has 0 aliphatic rings. The van der Waals surface area contributed by atoms with Crippen molar-refractivity contribution < 1.29 is 13.6 Å². The fourth-order valence-electron chi connectivity index (χ4n) is 1.45. The summed E-state index contributed by atoms with van der Waals surface area (Å²) in [6.07, 6.45) is 0. The van der Waals surface area contributed by atoms with Crippen LogP contribution >= 0.6 is 11.8 Å². The fourth-order valence-corrected chi connectivity index (χ4v) is 2.17. The average molecular weight is 310 g/mol. The number of hydrogen-bond acceptors (Lipinski definition) is 6. The Morgan fingerprint density at radius 1 is 1.48 bits per heavy atom. The van der Waals surface area contributed by atoms with Crippen LogP contribution in [-0.4, -0.2) is 21.9 Å². The first-order valence-corrected chi connectivity index (χ1v) is 7.25. The van der Waals surface area contributed by atoms with Crippen molar-refractivity contribution in [3.8, 4) is 0 Å². The molecule has 0 saturated heterocycles. The minimum Gasteiger partial charge on any atom is -0.408 e. The first-order chi connectivity index (χ1) is 9.95. The van der Waals surface area contributed by atoms with E-state index in [-0.39, 0.29) is 23.6 Å². The molecule has 1 aromatic carbocycles. The van der Waals surface area contributed by atoms with Crippen LogP contribution in [0.5, 0.6) is 0 Å². The number of thioether (sulfide) groups is 1. The topological polar surface area (TPSA) is 94.0 Å². The predicted octanol–water partition coefficient (Wildman–Crippen LogP) is 2.65. The van der Waals surface area contributed by atoms with E-state index >= 15 is 0 Å². The Morgan fingerprint density at radius 3 is 2.86 bits per heavy atom. The summed E-state index contributed by atoms with van der Waals surface area (Å²) < 4.78 is 18.8. The van der Waals surface area contributed by atoms with Crippen molar-refractivity contribution in [1.29, 1.82) is 0 Å². The molecule has 0 atom stereocenters. The number of benzene rings is 1. The van der Waals surface area contributed by atoms with Crippen molar-refractivity contribution in [2.75, 3.05) is 16.8 Å². The van der Waals surface area contributed by atoms with Gasteiger partial charge in [-0.2, -0.15) is 0 Å². The Balaban J connectivity index is 1.89. The van der Waals surface area contributed by atoms with E-state index in [1.54, 1.807) is 6.07 Å². The minimum atomic E-state index is -0.451. The average Bonchev–Trinajstić information content (AvgIpc) is 2.86. The van der Waals surface area contributed by atoms with Crippen molar-refractivity contribution in [3.05, 3.63) is 29.9 Å². The molecule has 1 amide bonds. The highest BCUT2D eigenvalue weighted by Gasteiger charge is 2.13. The second-order valence-electron chi connectivity index (χ2n) is 4.63. The van der Waals surface area contributed by atoms with Crippen LogP contribution in [0.15, 0.2) is 27.5 Å². The molecule has 0 aliphatic heterocycles. The molecule has 21 heavy (non-hydrogen) atoms. The number of carbonyl (C=O) groups is 1. The van der Waals surface area contributed by atoms with Gasteiger partial charge < -0.3 is 10.2 Å². The Hall–Kier alpha value is -2.09. The number of nitrogens with one attached hydrogen (secondary N) is 1. The number of aromatic nitrogens is 2. The summed E-state index contributed by atoms with van der Waals surface area (Å²) >= 11 is 1.06. The summed E-state index contributed by atoms with van der Waals surface area (Å²) in [6, 6.07) is 4.37. The molecule has 0 spiro atoms. The Morgan fingerprint density at radius 2 is 2.24 bits per heavy atom. The number of hydrogen-bond donors (Lipinski definition) is 2. The van der Waals surface area contributed by atoms with E-state index in [2.05, 4.69) is 15.5 Å². The van der Waals surface area contributed by atoms with Crippen LogP contribution in [0, 0.1) is 5.82 Å². The minimum absolute atomic E-state index is 0.0280. The number of anilines is 2. The van der Waals surface area contributed by atoms with Gasteiger partial charge in [0.1, 0.15) is 5.82 Å². The van der Waals surface area contributed by atoms with Crippen molar-refractivity contribution in [3.63, 3.8) is 0 Å². The molecule has 0 unspecified atom stereocenters. The normalized spacial score (nSPS) is 10.9. The number of nitrogens with two attached hydrogens (primary N) is 1. The van der Waals surface area contributed by atoms with Crippen LogP contribution < -0.4 is 11.1 Å². The van der Waals surface area contributed by atoms with Crippen LogP contribution in [0.1, 0.15) is 25.7 Å². The van der Waals surface area contributed by atoms with Gasteiger partial charge in [-0.05, 0) is 18.2 Å². The van der Waals surface area contributed by atoms with E-state index in [0.29, 0.717) is 16.5 Å². The number of nitrogen functional groups attached to an aromatic ring is 1. The van der Waals surface area contributed by atoms with Crippen LogP contribution in [0.25, 0.3) is 0 Å². The van der Waals surface area contributed by atoms with Crippen LogP contribution in [-0.2, 0) is 4.79 Å². The Kier molecular flexibility index (Phi) is 4.79. The van der Waals surface area contributed by atoms with Crippen LogP contribution in [0.2, 0.25) is 0 Å². The van der Waals surface area contributed by atoms with Gasteiger partial charge in [0.2, 0.25) is 11.8 Å². The molecule has 3 N–H and O–H groups in total. The lowest BCUT2D eigenvalue weighted by molar-refractivity contribution is -0.113. The molecule has 0 saturated carbocycles. The van der Waals surface area contributed by atoms with Gasteiger partial charge in [-0.3, -0.25) is 10.1 Å². The molecule has 112 valence electrons. The van der Waals surface area contributed by atoms with Crippen LogP contribution in [0.4, 0.5) is 16.1 Å². The SMILES string of the molecule is CC(C)c1nnc(NC(=O)CSc2ccc(N)cc2F)o1. The maximum absolute atomic E-state index is 13.5. The number of carbonyl (C=O) groups excluding carboxylic acids is 1. The van der Waals surface area contributed by atoms with Gasteiger partial charge in [0.05, 0.1) is 5.75 Å². The lowest BCUT2D eigenvalue weighted by Gasteiger charge is -2.03. The zero-order valence-corrected chi connectivity index (χ0v) is 12.4. The van der Waals surface area contributed by atoms with E-state index in [1.165, 1.54) is 12.1 Å². The van der Waals surface area contributed by atoms with Gasteiger partial charge in [0.25, 0.3) is 0 Å². The van der Waals surface area contributed by atoms with E-state index < -0.39 is 5.82 Å². The molecule has 2 aromatic rings. The molecule has 1 heterocycles. The standard InChI is InChI=1S/C13H15FN4O2S/c1-7(2)12-17-18-13(20-12)16-11(19)6-21-10-4-3-8(15)5-9(10)14/h3-5,7H,6,15H2,1-2H3,(H,16,18,19). The third-order valence-electron chi connectivity index (χ3n) is 2.50. The first-order valence-electron chi connectivity index (χ1n) is 6.27. The number of nitrogens with zero attached hydrogens (tertiary/aromatic N) is 2. The molecule has 0 aliphatic carbocycles. The Bertz CT molecular complexity index is 645. The molecule has 0 radical (unpaired) electrons. The second kappa shape index (κ2) is 6.57. The second-order valence-corrected chi connectivity index (χ2v) is 5.64. The van der Waals surface area contributed by atoms with E-state index in [0.717, 1.165) is 11.8 Å². The maximum Gasteiger partial charge on any atom is 0.322 e. The zero-order valence-electron chi connectivity index (χ0n) is 11.6. The summed E-state index contributed by atoms with van der Waals surface area (Å²) in [5.41, 5.74) is 5.80. The van der Waals surface area contributed by atoms with Crippen molar-refractivity contribution in [1.82, 2.24) is 10.2 Å². The van der Waals surface area contributed by atoms with E-state index in [1.807, 2.05) is 13.8 Å². The molecular weight excluding hydrogens is 295 g/mol. The highest BCUT2D eigenvalue weighted by Crippen LogP contribution is 2.23. The molecule has 1 aromatic heterocycles. The third-order valence-corrected chi connectivity index (χ3v) is 3.54. The lowest BCUT2D eigenvalue weighted by Crippen LogP contribution is -2.14. The first kappa shape index (κ1) is 15.3. The molecule has 0 fully saturated rings. The summed E-state index contributed by atoms with van der Waals surface area (Å²) in [6.45, 7) is 3.80. The molecule has 2 rings (SSSR count). The molecular formula is C13H15FN4O2S. The maximum atomic E-state index is 13.5. The highest BCUT2D eigenvalue weighted by atomic mass is 32.2. The summed E-state index contributed by atoms with van der Waals surface area (Å²) in [4.78, 5) is 12.1. The number of rotatable bonds is 5. The highest BCUT2D eigenvalue weighted by molar-refractivity contribution is 8.00. The van der Waals surface area contributed by atoms with Crippen molar-refractivity contribution >= 4 is 29.4 Å². The van der Waals surface area contributed by atoms with Crippen molar-refractivity contribution in [2.24, 2.45) is 0 Å². The Labute approximate surface area is 125 Å². The summed E-state index contributed by atoms with van der Waals surface area (Å²) in [7, 11) is 0. The number of amides is 1. The third kappa shape index (κ3) is 4.19. The van der Waals surface area contributed by atoms with Crippen LogP contribution in [0.3, 0.4) is 0 Å². The van der Waals surface area contributed by atoms with Gasteiger partial charge >= 0.3 is 6.01 Å². The van der Waals surface area contributed by atoms with E-state index in [9.17, 15) is 9.18 Å². The summed E-state index contributed by atoms with van der Waals surface area (Å²) in [5, 5.41) is 9.98. The molecule has 8 heteroatoms. The smallest absolute Gasteiger partial charge is 0.322 e. The van der Waals surface area contributed by atoms with E-state index in [4.69, 9.17) is 10.2 Å². The van der Waals surface area contributed by atoms with Gasteiger partial charge in [-0.25, -0.2) is 4.39 Å². The monoisotopic (exact) mass is 310 g/mol. The zero-order chi connectivity index (χ0) is 15.4. The molecule has 0 bridgehead atoms. The molecule has 6 nitrogen and oxygen atoms in total. The number of halogens is 1. The largest absolute Gasteiger partial charge is 0.408 e. The quantitative estimate of drug-likeness (QED) is 0.651. The van der Waals surface area contributed by atoms with Gasteiger partial charge in [0, 0.05) is 16.5 Å². The van der Waals surface area contributed by atoms with Gasteiger partial charge in [0.15, 0.2) is 0 Å².